The first kappa shape index (κ1) is 30.3. The molecule has 43 heavy (non-hydrogen) atoms. The number of carboxylic acid groups (broad SMARTS) is 1. The summed E-state index contributed by atoms with van der Waals surface area (Å²) in [6.07, 6.45) is 7.10. The highest BCUT2D eigenvalue weighted by molar-refractivity contribution is 5.79. The molecular formula is C38H40O5. The lowest BCUT2D eigenvalue weighted by atomic mass is 9.92. The Bertz CT molecular complexity index is 1520. The molecule has 2 atom stereocenters. The van der Waals surface area contributed by atoms with Crippen LogP contribution in [0.15, 0.2) is 91.0 Å². The molecule has 5 heteroatoms. The van der Waals surface area contributed by atoms with Gasteiger partial charge in [0.15, 0.2) is 6.10 Å². The molecule has 0 radical (unpaired) electrons. The molecule has 1 aliphatic rings. The van der Waals surface area contributed by atoms with E-state index >= 15 is 0 Å². The molecule has 0 saturated carbocycles. The van der Waals surface area contributed by atoms with Crippen LogP contribution >= 0.6 is 0 Å². The minimum Gasteiger partial charge on any atom is -0.491 e. The van der Waals surface area contributed by atoms with Gasteiger partial charge < -0.3 is 19.3 Å². The second kappa shape index (κ2) is 14.8. The maximum atomic E-state index is 11.4. The zero-order valence-electron chi connectivity index (χ0n) is 25.0. The van der Waals surface area contributed by atoms with Crippen LogP contribution < -0.4 is 4.74 Å². The van der Waals surface area contributed by atoms with Crippen molar-refractivity contribution in [2.45, 2.75) is 51.7 Å². The Kier molecular flexibility index (Phi) is 10.4. The van der Waals surface area contributed by atoms with Crippen molar-refractivity contribution in [1.82, 2.24) is 0 Å². The second-order valence-electron chi connectivity index (χ2n) is 10.8. The molecule has 5 rings (SSSR count). The van der Waals surface area contributed by atoms with Crippen molar-refractivity contribution in [3.8, 4) is 16.9 Å². The minimum atomic E-state index is -0.954. The highest BCUT2D eigenvalue weighted by Crippen LogP contribution is 2.38. The van der Waals surface area contributed by atoms with Gasteiger partial charge in [-0.25, -0.2) is 4.79 Å². The van der Waals surface area contributed by atoms with E-state index in [1.807, 2.05) is 30.3 Å². The van der Waals surface area contributed by atoms with Gasteiger partial charge in [-0.1, -0.05) is 98.3 Å². The third-order valence-electron chi connectivity index (χ3n) is 7.80. The third-order valence-corrected chi connectivity index (χ3v) is 7.80. The Labute approximate surface area is 254 Å². The van der Waals surface area contributed by atoms with Gasteiger partial charge in [-0.2, -0.15) is 0 Å². The van der Waals surface area contributed by atoms with Gasteiger partial charge in [0.2, 0.25) is 0 Å². The number of hydrogen-bond acceptors (Lipinski definition) is 4. The number of aryl methyl sites for hydroxylation is 1. The average molecular weight is 577 g/mol. The molecule has 0 saturated heterocycles. The summed E-state index contributed by atoms with van der Waals surface area (Å²) in [6, 6.07) is 31.3. The molecule has 0 spiro atoms. The number of fused-ring (bicyclic) bond motifs is 2. The summed E-state index contributed by atoms with van der Waals surface area (Å²) < 4.78 is 17.9. The van der Waals surface area contributed by atoms with E-state index in [-0.39, 0.29) is 6.10 Å². The third kappa shape index (κ3) is 7.81. The van der Waals surface area contributed by atoms with Gasteiger partial charge in [0.25, 0.3) is 0 Å². The molecule has 5 nitrogen and oxygen atoms in total. The standard InChI is InChI=1S/C38H40O5/c1-3-5-9-27-14-20-34-31(24-27)15-16-32-26-30(29-10-7-6-8-11-29)17-21-35(32)37(34)43-23-22-42-33-18-12-28(13-19-33)25-36(38(39)40)41-4-2/h6-8,10-21,24,26,36-37H,3-5,9,22-23,25H2,1-2H3,(H,39,40). The van der Waals surface area contributed by atoms with Crippen LogP contribution in [0.3, 0.4) is 0 Å². The largest absolute Gasteiger partial charge is 0.491 e. The smallest absolute Gasteiger partial charge is 0.333 e. The van der Waals surface area contributed by atoms with Gasteiger partial charge in [-0.3, -0.25) is 0 Å². The molecular weight excluding hydrogens is 536 g/mol. The summed E-state index contributed by atoms with van der Waals surface area (Å²) in [4.78, 5) is 11.4. The predicted octanol–water partition coefficient (Wildman–Crippen LogP) is 8.40. The van der Waals surface area contributed by atoms with Crippen LogP contribution in [0.5, 0.6) is 5.75 Å². The van der Waals surface area contributed by atoms with Crippen LogP contribution in [0, 0.1) is 0 Å². The van der Waals surface area contributed by atoms with Gasteiger partial charge in [-0.15, -0.1) is 0 Å². The number of carboxylic acids is 1. The SMILES string of the molecule is CCCCc1ccc2c(c1)C=Cc1cc(-c3ccccc3)ccc1C2OCCOc1ccc(CC(OCC)C(=O)O)cc1. The molecule has 0 amide bonds. The highest BCUT2D eigenvalue weighted by atomic mass is 16.5. The van der Waals surface area contributed by atoms with Gasteiger partial charge in [0, 0.05) is 13.0 Å². The zero-order valence-corrected chi connectivity index (χ0v) is 25.0. The lowest BCUT2D eigenvalue weighted by Crippen LogP contribution is -2.26. The molecule has 0 aromatic heterocycles. The van der Waals surface area contributed by atoms with E-state index in [4.69, 9.17) is 14.2 Å². The fourth-order valence-corrected chi connectivity index (χ4v) is 5.52. The van der Waals surface area contributed by atoms with Crippen LogP contribution in [0.2, 0.25) is 0 Å². The first-order valence-electron chi connectivity index (χ1n) is 15.2. The lowest BCUT2D eigenvalue weighted by molar-refractivity contribution is -0.149. The van der Waals surface area contributed by atoms with E-state index in [1.54, 1.807) is 6.92 Å². The van der Waals surface area contributed by atoms with Gasteiger partial charge in [0.1, 0.15) is 18.5 Å². The van der Waals surface area contributed by atoms with Crippen LogP contribution in [-0.2, 0) is 27.1 Å². The van der Waals surface area contributed by atoms with Crippen LogP contribution in [-0.4, -0.2) is 37.0 Å². The molecule has 2 unspecified atom stereocenters. The molecule has 0 heterocycles. The number of hydrogen-bond donors (Lipinski definition) is 1. The molecule has 1 aliphatic carbocycles. The Hall–Kier alpha value is -4.19. The van der Waals surface area contributed by atoms with Crippen molar-refractivity contribution < 1.29 is 24.1 Å². The molecule has 4 aromatic rings. The highest BCUT2D eigenvalue weighted by Gasteiger charge is 2.23. The second-order valence-corrected chi connectivity index (χ2v) is 10.8. The maximum Gasteiger partial charge on any atom is 0.333 e. The predicted molar refractivity (Wildman–Crippen MR) is 172 cm³/mol. The van der Waals surface area contributed by atoms with E-state index in [0.29, 0.717) is 32.0 Å². The molecule has 1 N–H and O–H groups in total. The van der Waals surface area contributed by atoms with Crippen LogP contribution in [0.25, 0.3) is 23.3 Å². The number of unbranched alkanes of at least 4 members (excludes halogenated alkanes) is 1. The fraction of sp³-hybridized carbons (Fsp3) is 0.289. The summed E-state index contributed by atoms with van der Waals surface area (Å²) in [5.74, 6) is -0.239. The summed E-state index contributed by atoms with van der Waals surface area (Å²) in [5.41, 5.74) is 9.26. The van der Waals surface area contributed by atoms with E-state index in [9.17, 15) is 9.90 Å². The monoisotopic (exact) mass is 576 g/mol. The number of carbonyl (C=O) groups is 1. The quantitative estimate of drug-likeness (QED) is 0.153. The molecule has 0 bridgehead atoms. The van der Waals surface area contributed by atoms with E-state index in [0.717, 1.165) is 28.7 Å². The molecule has 0 aliphatic heterocycles. The van der Waals surface area contributed by atoms with E-state index in [2.05, 4.69) is 79.7 Å². The molecule has 222 valence electrons. The van der Waals surface area contributed by atoms with Crippen LogP contribution in [0.1, 0.15) is 66.2 Å². The number of ether oxygens (including phenoxy) is 3. The number of benzene rings is 4. The topological polar surface area (TPSA) is 65.0 Å². The number of aliphatic carboxylic acids is 1. The van der Waals surface area contributed by atoms with E-state index in [1.165, 1.54) is 35.1 Å². The Morgan fingerprint density at radius 1 is 0.791 bits per heavy atom. The first-order chi connectivity index (χ1) is 21.1. The first-order valence-corrected chi connectivity index (χ1v) is 15.2. The summed E-state index contributed by atoms with van der Waals surface area (Å²) >= 11 is 0. The minimum absolute atomic E-state index is 0.220. The number of rotatable bonds is 14. The van der Waals surface area contributed by atoms with Crippen molar-refractivity contribution in [2.24, 2.45) is 0 Å². The summed E-state index contributed by atoms with van der Waals surface area (Å²) in [6.45, 7) is 5.18. The maximum absolute atomic E-state index is 11.4. The summed E-state index contributed by atoms with van der Waals surface area (Å²) in [5, 5.41) is 9.36. The van der Waals surface area contributed by atoms with Crippen molar-refractivity contribution >= 4 is 18.1 Å². The summed E-state index contributed by atoms with van der Waals surface area (Å²) in [7, 11) is 0. The van der Waals surface area contributed by atoms with Gasteiger partial charge in [-0.05, 0) is 82.5 Å². The Morgan fingerprint density at radius 3 is 2.19 bits per heavy atom. The lowest BCUT2D eigenvalue weighted by Gasteiger charge is -2.22. The fourth-order valence-electron chi connectivity index (χ4n) is 5.52. The van der Waals surface area contributed by atoms with E-state index < -0.39 is 12.1 Å². The normalized spacial score (nSPS) is 14.4. The molecule has 0 fully saturated rings. The van der Waals surface area contributed by atoms with Gasteiger partial charge >= 0.3 is 5.97 Å². The Morgan fingerprint density at radius 2 is 1.49 bits per heavy atom. The van der Waals surface area contributed by atoms with Crippen molar-refractivity contribution in [2.75, 3.05) is 19.8 Å². The molecule has 4 aromatic carbocycles. The van der Waals surface area contributed by atoms with Crippen molar-refractivity contribution in [3.05, 3.63) is 124 Å². The zero-order chi connectivity index (χ0) is 30.0. The van der Waals surface area contributed by atoms with Crippen molar-refractivity contribution in [3.63, 3.8) is 0 Å². The van der Waals surface area contributed by atoms with Crippen LogP contribution in [0.4, 0.5) is 0 Å². The Balaban J connectivity index is 1.30. The van der Waals surface area contributed by atoms with Crippen molar-refractivity contribution in [1.29, 1.82) is 0 Å². The van der Waals surface area contributed by atoms with Gasteiger partial charge in [0.05, 0.1) is 6.61 Å². The average Bonchev–Trinajstić information content (AvgIpc) is 3.19.